The molecule has 2 aliphatic rings. The molecule has 2 aliphatic heterocycles. The topological polar surface area (TPSA) is 142 Å². The minimum absolute atomic E-state index is 0.00539. The number of hydrogen-bond acceptors (Lipinski definition) is 6. The number of carbonyl (C=O) groups excluding carboxylic acids is 3. The monoisotopic (exact) mass is 454 g/mol. The molecule has 2 saturated heterocycles. The van der Waals surface area contributed by atoms with Crippen LogP contribution < -0.4 is 11.1 Å². The zero-order valence-corrected chi connectivity index (χ0v) is 19.7. The number of nitrogens with zero attached hydrogens (tertiary/aromatic N) is 2. The van der Waals surface area contributed by atoms with Crippen LogP contribution in [0.1, 0.15) is 66.2 Å². The van der Waals surface area contributed by atoms with Gasteiger partial charge in [0, 0.05) is 32.6 Å². The molecule has 0 aromatic carbocycles. The van der Waals surface area contributed by atoms with Crippen LogP contribution in [0.2, 0.25) is 0 Å². The Balaban J connectivity index is 1.76. The lowest BCUT2D eigenvalue weighted by Gasteiger charge is -2.35. The molecule has 0 aliphatic carbocycles. The number of carbonyl (C=O) groups is 4. The molecule has 2 heterocycles. The second kappa shape index (κ2) is 10.5. The summed E-state index contributed by atoms with van der Waals surface area (Å²) >= 11 is 0. The van der Waals surface area contributed by atoms with E-state index in [-0.39, 0.29) is 18.5 Å². The van der Waals surface area contributed by atoms with Gasteiger partial charge in [-0.1, -0.05) is 0 Å². The van der Waals surface area contributed by atoms with Gasteiger partial charge in [-0.15, -0.1) is 0 Å². The summed E-state index contributed by atoms with van der Waals surface area (Å²) in [5.74, 6) is -1.84. The van der Waals surface area contributed by atoms with E-state index in [4.69, 9.17) is 15.6 Å². The molecule has 3 amide bonds. The van der Waals surface area contributed by atoms with Crippen molar-refractivity contribution in [2.75, 3.05) is 26.2 Å². The van der Waals surface area contributed by atoms with E-state index in [9.17, 15) is 19.2 Å². The average Bonchev–Trinajstić information content (AvgIpc) is 2.70. The molecule has 10 nitrogen and oxygen atoms in total. The minimum Gasteiger partial charge on any atom is -0.479 e. The number of aliphatic carboxylic acids is 1. The summed E-state index contributed by atoms with van der Waals surface area (Å²) < 4.78 is 5.42. The van der Waals surface area contributed by atoms with Gasteiger partial charge in [-0.2, -0.15) is 0 Å². The molecule has 2 fully saturated rings. The lowest BCUT2D eigenvalue weighted by molar-refractivity contribution is -0.148. The van der Waals surface area contributed by atoms with E-state index in [0.29, 0.717) is 44.8 Å². The molecular formula is C22H38N4O6. The van der Waals surface area contributed by atoms with Crippen molar-refractivity contribution >= 4 is 23.9 Å². The predicted octanol–water partition coefficient (Wildman–Crippen LogP) is 1.53. The maximum absolute atomic E-state index is 12.7. The first-order valence-electron chi connectivity index (χ1n) is 11.4. The van der Waals surface area contributed by atoms with Crippen LogP contribution in [-0.4, -0.2) is 76.2 Å². The molecule has 0 aromatic rings. The molecule has 2 rings (SSSR count). The molecule has 0 saturated carbocycles. The number of nitrogens with two attached hydrogens (primary N) is 1. The first kappa shape index (κ1) is 25.9. The number of nitrogens with one attached hydrogen (secondary N) is 1. The van der Waals surface area contributed by atoms with E-state index >= 15 is 0 Å². The van der Waals surface area contributed by atoms with Gasteiger partial charge >= 0.3 is 12.1 Å². The van der Waals surface area contributed by atoms with Crippen LogP contribution in [0.25, 0.3) is 0 Å². The number of ether oxygens (including phenoxy) is 1. The van der Waals surface area contributed by atoms with Crippen molar-refractivity contribution in [3.8, 4) is 0 Å². The fraction of sp³-hybridized carbons (Fsp3) is 0.818. The third-order valence-corrected chi connectivity index (χ3v) is 6.00. The first-order valence-corrected chi connectivity index (χ1v) is 11.4. The van der Waals surface area contributed by atoms with Gasteiger partial charge in [-0.05, 0) is 65.7 Å². The molecule has 0 bridgehead atoms. The van der Waals surface area contributed by atoms with Gasteiger partial charge in [0.25, 0.3) is 0 Å². The Morgan fingerprint density at radius 1 is 1.03 bits per heavy atom. The highest BCUT2D eigenvalue weighted by atomic mass is 16.6. The maximum atomic E-state index is 12.7. The van der Waals surface area contributed by atoms with Crippen molar-refractivity contribution in [3.05, 3.63) is 0 Å². The van der Waals surface area contributed by atoms with Crippen LogP contribution in [0, 0.1) is 11.8 Å². The molecule has 0 spiro atoms. The molecule has 2 atom stereocenters. The highest BCUT2D eigenvalue weighted by Gasteiger charge is 2.35. The van der Waals surface area contributed by atoms with E-state index in [2.05, 4.69) is 5.32 Å². The Hall–Kier alpha value is -2.36. The lowest BCUT2D eigenvalue weighted by atomic mass is 9.91. The molecule has 10 heteroatoms. The molecule has 0 aromatic heterocycles. The summed E-state index contributed by atoms with van der Waals surface area (Å²) in [6.07, 6.45) is 3.80. The Labute approximate surface area is 189 Å². The number of carboxylic acids is 1. The van der Waals surface area contributed by atoms with Gasteiger partial charge in [-0.25, -0.2) is 9.59 Å². The molecule has 32 heavy (non-hydrogen) atoms. The van der Waals surface area contributed by atoms with Crippen LogP contribution in [0.3, 0.4) is 0 Å². The standard InChI is InChI=1S/C22H38N4O6/c1-21(2,3)32-20(31)25-12-9-15(10-13-25)7-8-17(27)26-11-5-6-16(14-26)18(28)24-22(4,23)19(29)30/h15-16H,5-14,23H2,1-4H3,(H,24,28)(H,29,30)/t16?,22-/m0/s1. The van der Waals surface area contributed by atoms with Gasteiger partial charge in [0.15, 0.2) is 5.66 Å². The fourth-order valence-corrected chi connectivity index (χ4v) is 4.05. The number of rotatable bonds is 6. The van der Waals surface area contributed by atoms with E-state index in [1.165, 1.54) is 6.92 Å². The SMILES string of the molecule is CC(C)(C)OC(=O)N1CCC(CCC(=O)N2CCCC(C(=O)N[C@](C)(N)C(=O)O)C2)CC1. The van der Waals surface area contributed by atoms with Crippen molar-refractivity contribution in [1.29, 1.82) is 0 Å². The number of carboxylic acid groups (broad SMARTS) is 1. The van der Waals surface area contributed by atoms with E-state index in [1.54, 1.807) is 9.80 Å². The third kappa shape index (κ3) is 7.65. The van der Waals surface area contributed by atoms with Gasteiger partial charge < -0.3 is 25.0 Å². The Morgan fingerprint density at radius 2 is 1.66 bits per heavy atom. The van der Waals surface area contributed by atoms with E-state index in [0.717, 1.165) is 19.3 Å². The van der Waals surface area contributed by atoms with Crippen LogP contribution >= 0.6 is 0 Å². The smallest absolute Gasteiger partial charge is 0.410 e. The van der Waals surface area contributed by atoms with Crippen molar-refractivity contribution in [2.24, 2.45) is 17.6 Å². The minimum atomic E-state index is -1.84. The first-order chi connectivity index (χ1) is 14.8. The summed E-state index contributed by atoms with van der Waals surface area (Å²) in [6.45, 7) is 8.89. The van der Waals surface area contributed by atoms with Gasteiger partial charge in [0.05, 0.1) is 5.92 Å². The Bertz CT molecular complexity index is 710. The molecular weight excluding hydrogens is 416 g/mol. The number of likely N-dealkylation sites (tertiary alicyclic amines) is 2. The van der Waals surface area contributed by atoms with Crippen molar-refractivity contribution in [3.63, 3.8) is 0 Å². The second-order valence-corrected chi connectivity index (χ2v) is 10.1. The average molecular weight is 455 g/mol. The van der Waals surface area contributed by atoms with E-state index in [1.807, 2.05) is 20.8 Å². The zero-order chi connectivity index (χ0) is 24.1. The van der Waals surface area contributed by atoms with Gasteiger partial charge in [-0.3, -0.25) is 15.3 Å². The predicted molar refractivity (Wildman–Crippen MR) is 117 cm³/mol. The Morgan fingerprint density at radius 3 is 2.22 bits per heavy atom. The summed E-state index contributed by atoms with van der Waals surface area (Å²) in [7, 11) is 0. The summed E-state index contributed by atoms with van der Waals surface area (Å²) in [6, 6.07) is 0. The third-order valence-electron chi connectivity index (χ3n) is 6.00. The highest BCUT2D eigenvalue weighted by molar-refractivity contribution is 5.87. The normalized spacial score (nSPS) is 22.1. The van der Waals surface area contributed by atoms with Gasteiger partial charge in [0.1, 0.15) is 5.60 Å². The van der Waals surface area contributed by atoms with Crippen molar-refractivity contribution in [1.82, 2.24) is 15.1 Å². The van der Waals surface area contributed by atoms with Gasteiger partial charge in [0.2, 0.25) is 11.8 Å². The summed E-state index contributed by atoms with van der Waals surface area (Å²) in [5, 5.41) is 11.4. The van der Waals surface area contributed by atoms with Crippen LogP contribution in [-0.2, 0) is 19.1 Å². The van der Waals surface area contributed by atoms with Crippen molar-refractivity contribution < 1.29 is 29.0 Å². The number of hydrogen-bond donors (Lipinski definition) is 3. The number of piperidine rings is 2. The molecule has 1 unspecified atom stereocenters. The lowest BCUT2D eigenvalue weighted by Crippen LogP contribution is -2.61. The Kier molecular flexibility index (Phi) is 8.50. The largest absolute Gasteiger partial charge is 0.479 e. The number of amides is 3. The van der Waals surface area contributed by atoms with Crippen LogP contribution in [0.5, 0.6) is 0 Å². The molecule has 4 N–H and O–H groups in total. The van der Waals surface area contributed by atoms with Crippen molar-refractivity contribution in [2.45, 2.75) is 77.5 Å². The van der Waals surface area contributed by atoms with Crippen LogP contribution in [0.4, 0.5) is 4.79 Å². The zero-order valence-electron chi connectivity index (χ0n) is 19.7. The van der Waals surface area contributed by atoms with E-state index < -0.39 is 29.1 Å². The summed E-state index contributed by atoms with van der Waals surface area (Å²) in [4.78, 5) is 51.9. The molecule has 0 radical (unpaired) electrons. The fourth-order valence-electron chi connectivity index (χ4n) is 4.05. The second-order valence-electron chi connectivity index (χ2n) is 10.1. The molecule has 182 valence electrons. The van der Waals surface area contributed by atoms with Crippen LogP contribution in [0.15, 0.2) is 0 Å². The maximum Gasteiger partial charge on any atom is 0.410 e. The summed E-state index contributed by atoms with van der Waals surface area (Å²) in [5.41, 5.74) is 3.26. The quantitative estimate of drug-likeness (QED) is 0.517. The highest BCUT2D eigenvalue weighted by Crippen LogP contribution is 2.25.